The van der Waals surface area contributed by atoms with Crippen molar-refractivity contribution in [3.63, 3.8) is 0 Å². The summed E-state index contributed by atoms with van der Waals surface area (Å²) in [6, 6.07) is 7.54. The van der Waals surface area contributed by atoms with Gasteiger partial charge >= 0.3 is 0 Å². The fraction of sp³-hybridized carbons (Fsp3) is 0.375. The quantitative estimate of drug-likeness (QED) is 0.852. The van der Waals surface area contributed by atoms with Crippen molar-refractivity contribution in [2.45, 2.75) is 19.3 Å². The predicted molar refractivity (Wildman–Crippen MR) is 88.0 cm³/mol. The SMILES string of the molecule is O=C(Cc1csc(-c2ccccc2Cl)n1)NCC1(CO)CC1. The summed E-state index contributed by atoms with van der Waals surface area (Å²) in [6.45, 7) is 0.685. The van der Waals surface area contributed by atoms with Crippen molar-refractivity contribution < 1.29 is 9.90 Å². The zero-order valence-electron chi connectivity index (χ0n) is 12.0. The van der Waals surface area contributed by atoms with Crippen molar-refractivity contribution in [1.29, 1.82) is 0 Å². The first-order valence-corrected chi connectivity index (χ1v) is 8.44. The number of hydrogen-bond donors (Lipinski definition) is 2. The zero-order chi connectivity index (χ0) is 15.6. The van der Waals surface area contributed by atoms with Crippen LogP contribution in [0.5, 0.6) is 0 Å². The van der Waals surface area contributed by atoms with Crippen LogP contribution in [0.4, 0.5) is 0 Å². The molecule has 0 atom stereocenters. The molecule has 3 rings (SSSR count). The summed E-state index contributed by atoms with van der Waals surface area (Å²) in [6.07, 6.45) is 2.22. The monoisotopic (exact) mass is 336 g/mol. The van der Waals surface area contributed by atoms with Crippen LogP contribution < -0.4 is 5.32 Å². The number of aromatic nitrogens is 1. The standard InChI is InChI=1S/C16H17ClN2O2S/c17-13-4-2-1-3-12(13)15-19-11(8-22-15)7-14(21)18-9-16(10-20)5-6-16/h1-4,8,20H,5-7,9-10H2,(H,18,21). The number of carbonyl (C=O) groups excluding carboxylic acids is 1. The molecule has 0 spiro atoms. The normalized spacial score (nSPS) is 15.5. The third-order valence-corrected chi connectivity index (χ3v) is 5.20. The molecule has 0 saturated heterocycles. The van der Waals surface area contributed by atoms with Crippen LogP contribution in [0.15, 0.2) is 29.6 Å². The minimum atomic E-state index is -0.0690. The Labute approximate surface area is 138 Å². The van der Waals surface area contributed by atoms with Crippen LogP contribution in [-0.4, -0.2) is 29.1 Å². The van der Waals surface area contributed by atoms with E-state index in [1.165, 1.54) is 11.3 Å². The Hall–Kier alpha value is -1.43. The first-order chi connectivity index (χ1) is 10.6. The second-order valence-corrected chi connectivity index (χ2v) is 7.00. The van der Waals surface area contributed by atoms with Crippen molar-refractivity contribution in [3.8, 4) is 10.6 Å². The van der Waals surface area contributed by atoms with Gasteiger partial charge in [-0.05, 0) is 18.9 Å². The second kappa shape index (κ2) is 6.36. The van der Waals surface area contributed by atoms with Gasteiger partial charge in [0.25, 0.3) is 0 Å². The average Bonchev–Trinajstić information content (AvgIpc) is 3.17. The van der Waals surface area contributed by atoms with Gasteiger partial charge in [0.05, 0.1) is 23.7 Å². The molecule has 116 valence electrons. The van der Waals surface area contributed by atoms with Gasteiger partial charge in [-0.15, -0.1) is 11.3 Å². The third kappa shape index (κ3) is 3.48. The Balaban J connectivity index is 1.60. The Morgan fingerprint density at radius 3 is 2.86 bits per heavy atom. The maximum absolute atomic E-state index is 12.0. The van der Waals surface area contributed by atoms with Gasteiger partial charge < -0.3 is 10.4 Å². The number of aliphatic hydroxyl groups excluding tert-OH is 1. The molecule has 2 aromatic rings. The molecule has 1 amide bonds. The molecule has 1 aromatic carbocycles. The summed E-state index contributed by atoms with van der Waals surface area (Å²) < 4.78 is 0. The molecule has 0 unspecified atom stereocenters. The van der Waals surface area contributed by atoms with E-state index in [9.17, 15) is 9.90 Å². The van der Waals surface area contributed by atoms with E-state index in [1.54, 1.807) is 0 Å². The number of nitrogens with zero attached hydrogens (tertiary/aromatic N) is 1. The van der Waals surface area contributed by atoms with E-state index in [0.717, 1.165) is 29.1 Å². The maximum atomic E-state index is 12.0. The molecule has 0 aliphatic heterocycles. The van der Waals surface area contributed by atoms with Crippen LogP contribution in [-0.2, 0) is 11.2 Å². The predicted octanol–water partition coefficient (Wildman–Crippen LogP) is 2.89. The van der Waals surface area contributed by atoms with Crippen LogP contribution in [0.1, 0.15) is 18.5 Å². The molecule has 0 bridgehead atoms. The number of rotatable bonds is 6. The lowest BCUT2D eigenvalue weighted by molar-refractivity contribution is -0.120. The lowest BCUT2D eigenvalue weighted by atomic mass is 10.1. The van der Waals surface area contributed by atoms with Crippen molar-refractivity contribution in [3.05, 3.63) is 40.4 Å². The van der Waals surface area contributed by atoms with E-state index >= 15 is 0 Å². The van der Waals surface area contributed by atoms with Gasteiger partial charge in [0.2, 0.25) is 5.91 Å². The highest BCUT2D eigenvalue weighted by Crippen LogP contribution is 2.44. The molecule has 2 N–H and O–H groups in total. The number of halogens is 1. The Morgan fingerprint density at radius 2 is 2.18 bits per heavy atom. The topological polar surface area (TPSA) is 62.2 Å². The fourth-order valence-corrected chi connectivity index (χ4v) is 3.37. The molecule has 22 heavy (non-hydrogen) atoms. The molecular formula is C16H17ClN2O2S. The van der Waals surface area contributed by atoms with Gasteiger partial charge in [0, 0.05) is 22.9 Å². The van der Waals surface area contributed by atoms with Crippen molar-refractivity contribution in [2.24, 2.45) is 5.41 Å². The second-order valence-electron chi connectivity index (χ2n) is 5.74. The first kappa shape index (κ1) is 15.5. The molecule has 4 nitrogen and oxygen atoms in total. The average molecular weight is 337 g/mol. The van der Waals surface area contributed by atoms with E-state index in [1.807, 2.05) is 29.6 Å². The van der Waals surface area contributed by atoms with E-state index in [4.69, 9.17) is 11.6 Å². The van der Waals surface area contributed by atoms with Crippen molar-refractivity contribution >= 4 is 28.8 Å². The maximum Gasteiger partial charge on any atom is 0.226 e. The Bertz CT molecular complexity index is 682. The molecule has 1 fully saturated rings. The Morgan fingerprint density at radius 1 is 1.41 bits per heavy atom. The number of hydrogen-bond acceptors (Lipinski definition) is 4. The van der Waals surface area contributed by atoms with Crippen LogP contribution in [0.2, 0.25) is 5.02 Å². The molecular weight excluding hydrogens is 320 g/mol. The zero-order valence-corrected chi connectivity index (χ0v) is 13.6. The lowest BCUT2D eigenvalue weighted by Crippen LogP contribution is -2.32. The molecule has 6 heteroatoms. The molecule has 1 aliphatic carbocycles. The first-order valence-electron chi connectivity index (χ1n) is 7.19. The van der Waals surface area contributed by atoms with Crippen LogP contribution >= 0.6 is 22.9 Å². The Kier molecular flexibility index (Phi) is 4.47. The summed E-state index contributed by atoms with van der Waals surface area (Å²) in [5.41, 5.74) is 1.56. The van der Waals surface area contributed by atoms with E-state index in [0.29, 0.717) is 11.6 Å². The molecule has 1 aliphatic rings. The number of thiazole rings is 1. The molecule has 1 saturated carbocycles. The summed E-state index contributed by atoms with van der Waals surface area (Å²) in [5.74, 6) is -0.0595. The molecule has 1 heterocycles. The minimum absolute atomic E-state index is 0.0595. The van der Waals surface area contributed by atoms with Crippen molar-refractivity contribution in [2.75, 3.05) is 13.2 Å². The van der Waals surface area contributed by atoms with Gasteiger partial charge in [-0.2, -0.15) is 0 Å². The number of amides is 1. The fourth-order valence-electron chi connectivity index (χ4n) is 2.23. The van der Waals surface area contributed by atoms with Crippen molar-refractivity contribution in [1.82, 2.24) is 10.3 Å². The van der Waals surface area contributed by atoms with E-state index in [-0.39, 0.29) is 24.3 Å². The number of carbonyl (C=O) groups is 1. The number of benzene rings is 1. The summed E-state index contributed by atoms with van der Waals surface area (Å²) in [4.78, 5) is 16.4. The third-order valence-electron chi connectivity index (χ3n) is 3.95. The van der Waals surface area contributed by atoms with E-state index in [2.05, 4.69) is 10.3 Å². The van der Waals surface area contributed by atoms with Crippen LogP contribution in [0, 0.1) is 5.41 Å². The largest absolute Gasteiger partial charge is 0.396 e. The molecule has 1 aromatic heterocycles. The highest BCUT2D eigenvalue weighted by Gasteiger charge is 2.42. The highest BCUT2D eigenvalue weighted by molar-refractivity contribution is 7.13. The smallest absolute Gasteiger partial charge is 0.226 e. The lowest BCUT2D eigenvalue weighted by Gasteiger charge is -2.12. The number of aliphatic hydroxyl groups is 1. The van der Waals surface area contributed by atoms with E-state index < -0.39 is 0 Å². The van der Waals surface area contributed by atoms with Gasteiger partial charge in [-0.3, -0.25) is 4.79 Å². The van der Waals surface area contributed by atoms with Gasteiger partial charge in [0.15, 0.2) is 0 Å². The highest BCUT2D eigenvalue weighted by atomic mass is 35.5. The van der Waals surface area contributed by atoms with Gasteiger partial charge in [0.1, 0.15) is 5.01 Å². The van der Waals surface area contributed by atoms with Crippen LogP contribution in [0.25, 0.3) is 10.6 Å². The summed E-state index contributed by atoms with van der Waals surface area (Å²) >= 11 is 7.64. The summed E-state index contributed by atoms with van der Waals surface area (Å²) in [5, 5.41) is 15.5. The summed E-state index contributed by atoms with van der Waals surface area (Å²) in [7, 11) is 0. The van der Waals surface area contributed by atoms with Gasteiger partial charge in [-0.25, -0.2) is 4.98 Å². The number of nitrogens with one attached hydrogen (secondary N) is 1. The van der Waals surface area contributed by atoms with Gasteiger partial charge in [-0.1, -0.05) is 29.8 Å². The molecule has 0 radical (unpaired) electrons. The minimum Gasteiger partial charge on any atom is -0.396 e. The van der Waals surface area contributed by atoms with Crippen LogP contribution in [0.3, 0.4) is 0 Å².